The number of hydrogen-bond acceptors (Lipinski definition) is 18. The number of nitrogens with one attached hydrogen (secondary N) is 1. The van der Waals surface area contributed by atoms with Crippen LogP contribution in [0.2, 0.25) is 0 Å². The van der Waals surface area contributed by atoms with Gasteiger partial charge in [0.15, 0.2) is 18.9 Å². The van der Waals surface area contributed by atoms with Crippen molar-refractivity contribution >= 4 is 5.91 Å². The molecule has 3 aliphatic heterocycles. The number of carbonyl (C=O) groups excluding carboxylic acids is 1. The van der Waals surface area contributed by atoms with Crippen molar-refractivity contribution in [2.24, 2.45) is 0 Å². The molecule has 0 aromatic carbocycles. The molecule has 3 rings (SSSR count). The third-order valence-corrected chi connectivity index (χ3v) is 18.6. The van der Waals surface area contributed by atoms with E-state index in [1.54, 1.807) is 6.08 Å². The van der Waals surface area contributed by atoms with Crippen LogP contribution in [0.5, 0.6) is 0 Å². The molecule has 0 bridgehead atoms. The van der Waals surface area contributed by atoms with E-state index in [1.165, 1.54) is 141 Å². The summed E-state index contributed by atoms with van der Waals surface area (Å²) in [7, 11) is 0. The van der Waals surface area contributed by atoms with Crippen LogP contribution in [0, 0.1) is 0 Å². The summed E-state index contributed by atoms with van der Waals surface area (Å²) in [6.07, 6.45) is 52.4. The first-order chi connectivity index (χ1) is 47.8. The molecule has 3 saturated heterocycles. The lowest BCUT2D eigenvalue weighted by molar-refractivity contribution is -0.379. The maximum atomic E-state index is 13.5. The first kappa shape index (κ1) is 88.9. The first-order valence-electron chi connectivity index (χ1n) is 38.5. The van der Waals surface area contributed by atoms with Crippen LogP contribution < -0.4 is 5.32 Å². The second-order valence-electron chi connectivity index (χ2n) is 27.1. The van der Waals surface area contributed by atoms with Crippen LogP contribution in [0.15, 0.2) is 97.2 Å². The molecule has 12 N–H and O–H groups in total. The topological polar surface area (TPSA) is 307 Å². The Balaban J connectivity index is 1.41. The molecule has 0 aromatic rings. The summed E-state index contributed by atoms with van der Waals surface area (Å²) < 4.78 is 34.4. The van der Waals surface area contributed by atoms with Crippen molar-refractivity contribution in [3.05, 3.63) is 97.2 Å². The Morgan fingerprint density at radius 2 is 0.714 bits per heavy atom. The summed E-state index contributed by atoms with van der Waals surface area (Å²) in [6, 6.07) is -1.00. The minimum Gasteiger partial charge on any atom is -0.394 e. The molecule has 19 nitrogen and oxygen atoms in total. The highest BCUT2D eigenvalue weighted by atomic mass is 16.8. The van der Waals surface area contributed by atoms with Crippen molar-refractivity contribution < 1.29 is 89.4 Å². The highest BCUT2D eigenvalue weighted by Gasteiger charge is 2.53. The molecule has 98 heavy (non-hydrogen) atoms. The zero-order chi connectivity index (χ0) is 71.1. The van der Waals surface area contributed by atoms with Gasteiger partial charge in [0.05, 0.1) is 38.6 Å². The van der Waals surface area contributed by atoms with Crippen molar-refractivity contribution in [2.75, 3.05) is 26.4 Å². The molecular formula is C79H137NO18. The van der Waals surface area contributed by atoms with Crippen molar-refractivity contribution in [3.8, 4) is 0 Å². The number of allylic oxidation sites excluding steroid dienone is 15. The molecule has 3 heterocycles. The van der Waals surface area contributed by atoms with Gasteiger partial charge < -0.3 is 89.9 Å². The van der Waals surface area contributed by atoms with Crippen LogP contribution in [-0.4, -0.2) is 193 Å². The van der Waals surface area contributed by atoms with Gasteiger partial charge in [0.2, 0.25) is 5.91 Å². The lowest BCUT2D eigenvalue weighted by Crippen LogP contribution is -2.66. The molecule has 3 fully saturated rings. The first-order valence-corrected chi connectivity index (χ1v) is 38.5. The zero-order valence-electron chi connectivity index (χ0n) is 60.2. The molecule has 1 amide bonds. The average molecular weight is 1390 g/mol. The lowest BCUT2D eigenvalue weighted by Gasteiger charge is -2.48. The van der Waals surface area contributed by atoms with Gasteiger partial charge in [0, 0.05) is 6.42 Å². The van der Waals surface area contributed by atoms with Gasteiger partial charge >= 0.3 is 0 Å². The Hall–Kier alpha value is -3.29. The van der Waals surface area contributed by atoms with Gasteiger partial charge in [-0.1, -0.05) is 272 Å². The van der Waals surface area contributed by atoms with E-state index in [9.17, 15) is 61.0 Å². The lowest BCUT2D eigenvalue weighted by atomic mass is 9.96. The molecule has 3 aliphatic rings. The van der Waals surface area contributed by atoms with Gasteiger partial charge in [-0.3, -0.25) is 4.79 Å². The largest absolute Gasteiger partial charge is 0.394 e. The Bertz CT molecular complexity index is 2150. The van der Waals surface area contributed by atoms with Crippen molar-refractivity contribution in [1.82, 2.24) is 5.32 Å². The second-order valence-corrected chi connectivity index (χ2v) is 27.1. The molecule has 0 aliphatic carbocycles. The molecule has 566 valence electrons. The maximum absolute atomic E-state index is 13.5. The Labute approximate surface area is 590 Å². The fraction of sp³-hybridized carbons (Fsp3) is 0.785. The van der Waals surface area contributed by atoms with E-state index in [1.807, 2.05) is 6.08 Å². The standard InChI is InChI=1S/C79H137NO18/c1-3-5-7-9-11-13-15-17-19-21-23-25-27-29-30-31-32-33-35-37-39-41-43-45-47-49-51-53-55-57-67(85)80-62(63(84)56-54-52-50-48-46-44-42-40-38-36-34-28-26-24-22-20-18-16-14-12-10-8-6-4-2)61-93-77-73(91)70(88)75(65(59-82)95-77)98-79-74(92)71(89)76(66(60-83)96-79)97-78-72(90)69(87)68(86)64(58-81)94-78/h5,7,11,13,17,19,23,25,29-30,32-33,46,48,54,56,62-66,68-79,81-84,86-92H,3-4,6,8-10,12,14-16,18,20-22,24,26-28,31,34-45,47,49-53,55,57-61H2,1-2H3,(H,80,85)/b7-5-,13-11-,19-17-,25-23-,30-29-,33-32-,48-46+,56-54+. The quantitative estimate of drug-likeness (QED) is 0.0199. The number of hydrogen-bond donors (Lipinski definition) is 12. The van der Waals surface area contributed by atoms with E-state index in [-0.39, 0.29) is 18.9 Å². The SMILES string of the molecule is CC/C=C\C/C=C\C/C=C\C/C=C\C/C=C\C/C=C\CCCCCCCCCCCCC(=O)NC(COC1OC(CO)C(OC2OC(CO)C(OC3OC(CO)C(O)C(O)C3O)C(O)C2O)C(O)C1O)C(O)/C=C/CC/C=C/CCCCCCCCCCCCCCCCCCCC. The summed E-state index contributed by atoms with van der Waals surface area (Å²) >= 11 is 0. The smallest absolute Gasteiger partial charge is 0.220 e. The van der Waals surface area contributed by atoms with Crippen molar-refractivity contribution in [1.29, 1.82) is 0 Å². The zero-order valence-corrected chi connectivity index (χ0v) is 60.2. The van der Waals surface area contributed by atoms with Crippen LogP contribution in [0.4, 0.5) is 0 Å². The molecular weight excluding hydrogens is 1250 g/mol. The van der Waals surface area contributed by atoms with Gasteiger partial charge in [-0.25, -0.2) is 0 Å². The van der Waals surface area contributed by atoms with Gasteiger partial charge in [0.1, 0.15) is 73.2 Å². The molecule has 0 aromatic heterocycles. The molecule has 19 heteroatoms. The van der Waals surface area contributed by atoms with Crippen LogP contribution in [0.3, 0.4) is 0 Å². The predicted molar refractivity (Wildman–Crippen MR) is 387 cm³/mol. The molecule has 0 radical (unpaired) electrons. The third kappa shape index (κ3) is 39.4. The summed E-state index contributed by atoms with van der Waals surface area (Å²) in [5.41, 5.74) is 0. The number of rotatable bonds is 59. The monoisotopic (exact) mass is 1390 g/mol. The van der Waals surface area contributed by atoms with Crippen molar-refractivity contribution in [3.63, 3.8) is 0 Å². The predicted octanol–water partition coefficient (Wildman–Crippen LogP) is 12.0. The van der Waals surface area contributed by atoms with Crippen LogP contribution in [0.1, 0.15) is 264 Å². The second kappa shape index (κ2) is 59.1. The number of unbranched alkanes of at least 4 members (excludes halogenated alkanes) is 29. The van der Waals surface area contributed by atoms with Crippen molar-refractivity contribution in [2.45, 2.75) is 369 Å². The van der Waals surface area contributed by atoms with Crippen LogP contribution >= 0.6 is 0 Å². The Morgan fingerprint density at radius 1 is 0.378 bits per heavy atom. The Kier molecular flexibility index (Phi) is 53.7. The molecule has 17 atom stereocenters. The fourth-order valence-corrected chi connectivity index (χ4v) is 12.4. The van der Waals surface area contributed by atoms with Crippen LogP contribution in [-0.2, 0) is 33.2 Å². The summed E-state index contributed by atoms with van der Waals surface area (Å²) in [5.74, 6) is -0.292. The van der Waals surface area contributed by atoms with E-state index >= 15 is 0 Å². The molecule has 0 spiro atoms. The van der Waals surface area contributed by atoms with Gasteiger partial charge in [-0.05, 0) is 83.5 Å². The minimum atomic E-state index is -1.99. The number of carbonyl (C=O) groups is 1. The van der Waals surface area contributed by atoms with E-state index in [4.69, 9.17) is 28.4 Å². The van der Waals surface area contributed by atoms with E-state index in [2.05, 4.69) is 104 Å². The number of aliphatic hydroxyl groups is 11. The maximum Gasteiger partial charge on any atom is 0.220 e. The third-order valence-electron chi connectivity index (χ3n) is 18.6. The fourth-order valence-electron chi connectivity index (χ4n) is 12.4. The minimum absolute atomic E-state index is 0.225. The van der Waals surface area contributed by atoms with Gasteiger partial charge in [-0.2, -0.15) is 0 Å². The average Bonchev–Trinajstić information content (AvgIpc) is 0.784. The van der Waals surface area contributed by atoms with E-state index in [0.29, 0.717) is 12.8 Å². The molecule has 0 saturated carbocycles. The Morgan fingerprint density at radius 3 is 1.14 bits per heavy atom. The number of amides is 1. The number of ether oxygens (including phenoxy) is 6. The summed E-state index contributed by atoms with van der Waals surface area (Å²) in [5, 5.41) is 121. The van der Waals surface area contributed by atoms with Gasteiger partial charge in [0.25, 0.3) is 0 Å². The number of aliphatic hydroxyl groups excluding tert-OH is 11. The van der Waals surface area contributed by atoms with E-state index < -0.39 is 124 Å². The summed E-state index contributed by atoms with van der Waals surface area (Å²) in [6.45, 7) is 1.61. The molecule has 17 unspecified atom stereocenters. The highest BCUT2D eigenvalue weighted by molar-refractivity contribution is 5.76. The normalized spacial score (nSPS) is 27.3. The van der Waals surface area contributed by atoms with E-state index in [0.717, 1.165) is 89.9 Å². The highest BCUT2D eigenvalue weighted by Crippen LogP contribution is 2.33. The van der Waals surface area contributed by atoms with Crippen LogP contribution in [0.25, 0.3) is 0 Å². The van der Waals surface area contributed by atoms with Gasteiger partial charge in [-0.15, -0.1) is 0 Å². The summed E-state index contributed by atoms with van der Waals surface area (Å²) in [4.78, 5) is 13.5.